The molecule has 0 aromatic rings. The van der Waals surface area contributed by atoms with Crippen LogP contribution in [0, 0.1) is 11.8 Å². The Kier molecular flexibility index (Phi) is 13.3. The summed E-state index contributed by atoms with van der Waals surface area (Å²) in [6, 6.07) is -1.08. The smallest absolute Gasteiger partial charge is 0.330 e. The quantitative estimate of drug-likeness (QED) is 0.158. The first kappa shape index (κ1) is 38.0. The second-order valence-corrected chi connectivity index (χ2v) is 13.0. The maximum absolute atomic E-state index is 12.3. The normalized spacial score (nSPS) is 48.1. The van der Waals surface area contributed by atoms with Gasteiger partial charge in [0.05, 0.1) is 48.8 Å². The summed E-state index contributed by atoms with van der Waals surface area (Å²) in [6.45, 7) is 5.28. The van der Waals surface area contributed by atoms with Crippen molar-refractivity contribution in [3.05, 3.63) is 60.8 Å². The highest BCUT2D eigenvalue weighted by atomic mass is 16.7. The summed E-state index contributed by atoms with van der Waals surface area (Å²) in [4.78, 5) is 24.6. The molecule has 2 bridgehead atoms. The van der Waals surface area contributed by atoms with E-state index in [9.17, 15) is 40.2 Å². The Bertz CT molecular complexity index is 1250. The van der Waals surface area contributed by atoms with Crippen molar-refractivity contribution >= 4 is 11.9 Å². The molecule has 10 unspecified atom stereocenters. The number of carboxylic acid groups (broad SMARTS) is 1. The van der Waals surface area contributed by atoms with Crippen molar-refractivity contribution in [3.63, 3.8) is 0 Å². The number of fused-ring (bicyclic) bond motifs is 3. The number of epoxide rings is 1. The molecule has 48 heavy (non-hydrogen) atoms. The van der Waals surface area contributed by atoms with Gasteiger partial charge in [-0.1, -0.05) is 61.6 Å². The first-order valence-electron chi connectivity index (χ1n) is 16.3. The lowest BCUT2D eigenvalue weighted by atomic mass is 9.83. The fraction of sp³-hybridized carbons (Fsp3) is 0.647. The van der Waals surface area contributed by atoms with Crippen molar-refractivity contribution in [2.45, 2.75) is 126 Å². The highest BCUT2D eigenvalue weighted by Gasteiger charge is 2.53. The lowest BCUT2D eigenvalue weighted by Crippen LogP contribution is -2.61. The molecule has 14 nitrogen and oxygen atoms in total. The van der Waals surface area contributed by atoms with E-state index in [1.807, 2.05) is 19.1 Å². The highest BCUT2D eigenvalue weighted by molar-refractivity contribution is 5.82. The van der Waals surface area contributed by atoms with Gasteiger partial charge in [-0.3, -0.25) is 4.79 Å². The fourth-order valence-electron chi connectivity index (χ4n) is 6.11. The Balaban J connectivity index is 1.60. The van der Waals surface area contributed by atoms with E-state index in [0.717, 1.165) is 0 Å². The molecule has 4 aliphatic heterocycles. The number of carboxylic acids is 1. The minimum atomic E-state index is -2.12. The average Bonchev–Trinajstić information content (AvgIpc) is 3.78. The maximum Gasteiger partial charge on any atom is 0.330 e. The monoisotopic (exact) mass is 679 g/mol. The van der Waals surface area contributed by atoms with Gasteiger partial charge in [-0.25, -0.2) is 4.79 Å². The van der Waals surface area contributed by atoms with Crippen LogP contribution >= 0.6 is 0 Å². The number of esters is 1. The first-order valence-corrected chi connectivity index (χ1v) is 16.3. The summed E-state index contributed by atoms with van der Waals surface area (Å²) in [5, 5.41) is 64.2. The summed E-state index contributed by atoms with van der Waals surface area (Å²) in [6.07, 6.45) is 4.69. The van der Waals surface area contributed by atoms with Gasteiger partial charge in [-0.15, -0.1) is 0 Å². The standard InChI is InChI=1S/C34H49NO13/c1-18-11-8-6-4-5-7-9-12-21(46-33-30(40)28(35)29(39)20(3)45-33)15-25-27(32(41)42)22(36)16-34(43,48-25)17-23(37)31-24(47-31)13-10-14-26(38)44-19(18)2/h4-12,14,18-25,27-31,33,36-37,39-40,43H,13,15-17,35H2,1-3H3,(H,41,42)/b6-4-,7-5+,11-8+,12-9+,14-10+/t18?,19?,20-,21?,22?,23?,24?,25?,27?,28+,29-,30+,31?,33+,34?/m1/s1. The van der Waals surface area contributed by atoms with E-state index < -0.39 is 104 Å². The van der Waals surface area contributed by atoms with Crippen LogP contribution in [0.2, 0.25) is 0 Å². The second-order valence-electron chi connectivity index (χ2n) is 13.0. The average molecular weight is 680 g/mol. The summed E-state index contributed by atoms with van der Waals surface area (Å²) >= 11 is 0. The van der Waals surface area contributed by atoms with E-state index in [1.54, 1.807) is 56.4 Å². The van der Waals surface area contributed by atoms with Crippen molar-refractivity contribution in [2.75, 3.05) is 0 Å². The third-order valence-electron chi connectivity index (χ3n) is 9.16. The number of carbonyl (C=O) groups is 2. The molecule has 0 spiro atoms. The van der Waals surface area contributed by atoms with Gasteiger partial charge >= 0.3 is 11.9 Å². The van der Waals surface area contributed by atoms with Crippen molar-refractivity contribution < 1.29 is 63.9 Å². The molecule has 0 aromatic heterocycles. The van der Waals surface area contributed by atoms with E-state index in [0.29, 0.717) is 6.42 Å². The molecule has 3 fully saturated rings. The van der Waals surface area contributed by atoms with E-state index in [-0.39, 0.29) is 18.4 Å². The predicted octanol–water partition coefficient (Wildman–Crippen LogP) is 0.366. The van der Waals surface area contributed by atoms with Crippen molar-refractivity contribution in [3.8, 4) is 0 Å². The van der Waals surface area contributed by atoms with Gasteiger partial charge in [-0.2, -0.15) is 0 Å². The molecule has 0 radical (unpaired) electrons. The third-order valence-corrected chi connectivity index (χ3v) is 9.16. The number of hydrogen-bond acceptors (Lipinski definition) is 13. The Morgan fingerprint density at radius 2 is 1.54 bits per heavy atom. The van der Waals surface area contributed by atoms with Crippen LogP contribution in [0.1, 0.15) is 46.5 Å². The predicted molar refractivity (Wildman–Crippen MR) is 170 cm³/mol. The molecule has 15 atom stereocenters. The number of ether oxygens (including phenoxy) is 5. The SMILES string of the molecule is CC1/C=C/C=C\C=C\C=C\C(O[C@@H]2O[C@H](C)[C@@H](O)[C@H](N)[C@@H]2O)CC2OC(O)(CC(O)C3OC3C/C=C/C(=O)OC1C)CC(O)C2C(=O)O. The zero-order chi connectivity index (χ0) is 35.2. The number of aliphatic carboxylic acids is 1. The second kappa shape index (κ2) is 16.8. The van der Waals surface area contributed by atoms with Crippen LogP contribution in [0.15, 0.2) is 60.8 Å². The molecule has 0 aliphatic carbocycles. The number of aliphatic hydroxyl groups excluding tert-OH is 4. The molecule has 4 rings (SSSR count). The summed E-state index contributed by atoms with van der Waals surface area (Å²) in [5.41, 5.74) is 5.98. The van der Waals surface area contributed by atoms with Crippen molar-refractivity contribution in [1.82, 2.24) is 0 Å². The molecule has 0 aromatic carbocycles. The van der Waals surface area contributed by atoms with Crippen LogP contribution in [-0.4, -0.2) is 122 Å². The molecule has 4 heterocycles. The molecule has 4 aliphatic rings. The van der Waals surface area contributed by atoms with Gasteiger partial charge in [-0.05, 0) is 20.3 Å². The molecule has 8 N–H and O–H groups in total. The molecule has 0 amide bonds. The Morgan fingerprint density at radius 3 is 2.23 bits per heavy atom. The van der Waals surface area contributed by atoms with Gasteiger partial charge in [0.1, 0.15) is 24.2 Å². The van der Waals surface area contributed by atoms with E-state index in [2.05, 4.69) is 0 Å². The number of hydrogen-bond donors (Lipinski definition) is 7. The van der Waals surface area contributed by atoms with Crippen LogP contribution in [0.5, 0.6) is 0 Å². The van der Waals surface area contributed by atoms with Gasteiger partial charge in [0.15, 0.2) is 12.1 Å². The minimum absolute atomic E-state index is 0.0689. The van der Waals surface area contributed by atoms with Crippen LogP contribution < -0.4 is 5.73 Å². The number of allylic oxidation sites excluding steroid dienone is 6. The number of rotatable bonds is 3. The lowest BCUT2D eigenvalue weighted by Gasteiger charge is -2.45. The van der Waals surface area contributed by atoms with E-state index in [1.165, 1.54) is 6.08 Å². The third kappa shape index (κ3) is 10.1. The molecule has 14 heteroatoms. The Morgan fingerprint density at radius 1 is 0.896 bits per heavy atom. The van der Waals surface area contributed by atoms with Crippen molar-refractivity contribution in [1.29, 1.82) is 0 Å². The number of nitrogens with two attached hydrogens (primary N) is 1. The maximum atomic E-state index is 12.3. The van der Waals surface area contributed by atoms with Gasteiger partial charge in [0.25, 0.3) is 0 Å². The van der Waals surface area contributed by atoms with Crippen LogP contribution in [0.4, 0.5) is 0 Å². The number of cyclic esters (lactones) is 1. The van der Waals surface area contributed by atoms with Crippen LogP contribution in [-0.2, 0) is 33.3 Å². The minimum Gasteiger partial charge on any atom is -0.481 e. The Hall–Kier alpha value is -2.76. The van der Waals surface area contributed by atoms with Gasteiger partial charge in [0.2, 0.25) is 0 Å². The number of aliphatic hydroxyl groups is 5. The molecular formula is C34H49NO13. The fourth-order valence-corrected chi connectivity index (χ4v) is 6.11. The molecular weight excluding hydrogens is 630 g/mol. The molecule has 0 saturated carbocycles. The summed E-state index contributed by atoms with van der Waals surface area (Å²) in [5.74, 6) is -5.54. The van der Waals surface area contributed by atoms with E-state index >= 15 is 0 Å². The highest BCUT2D eigenvalue weighted by Crippen LogP contribution is 2.40. The molecule has 3 saturated heterocycles. The van der Waals surface area contributed by atoms with Crippen molar-refractivity contribution in [2.24, 2.45) is 17.6 Å². The lowest BCUT2D eigenvalue weighted by molar-refractivity contribution is -0.308. The largest absolute Gasteiger partial charge is 0.481 e. The Labute approximate surface area is 279 Å². The van der Waals surface area contributed by atoms with Gasteiger partial charge in [0, 0.05) is 31.3 Å². The van der Waals surface area contributed by atoms with E-state index in [4.69, 9.17) is 29.4 Å². The van der Waals surface area contributed by atoms with Crippen LogP contribution in [0.25, 0.3) is 0 Å². The topological polar surface area (TPSA) is 231 Å². The number of carbonyl (C=O) groups excluding carboxylic acids is 1. The zero-order valence-electron chi connectivity index (χ0n) is 27.3. The molecule has 268 valence electrons. The summed E-state index contributed by atoms with van der Waals surface area (Å²) in [7, 11) is 0. The first-order chi connectivity index (χ1) is 22.7. The summed E-state index contributed by atoms with van der Waals surface area (Å²) < 4.78 is 28.7. The van der Waals surface area contributed by atoms with Crippen LogP contribution in [0.3, 0.4) is 0 Å². The van der Waals surface area contributed by atoms with Gasteiger partial charge < -0.3 is 60.1 Å². The zero-order valence-corrected chi connectivity index (χ0v) is 27.3.